The van der Waals surface area contributed by atoms with Gasteiger partial charge in [0.25, 0.3) is 0 Å². The lowest BCUT2D eigenvalue weighted by Crippen LogP contribution is -2.42. The summed E-state index contributed by atoms with van der Waals surface area (Å²) < 4.78 is 31.7. The zero-order valence-electron chi connectivity index (χ0n) is 19.4. The van der Waals surface area contributed by atoms with Crippen molar-refractivity contribution >= 4 is 29.7 Å². The first-order valence-corrected chi connectivity index (χ1v) is 11.2. The number of likely N-dealkylation sites (tertiary alicyclic amines) is 1. The van der Waals surface area contributed by atoms with Crippen LogP contribution in [-0.4, -0.2) is 110 Å². The van der Waals surface area contributed by atoms with Crippen LogP contribution >= 0.6 is 0 Å². The minimum atomic E-state index is -5.08. The molecule has 1 fully saturated rings. The number of β-amino-alcohol motifs (C(OH)–C–C–N with tert-alkyl or cyclic N) is 1. The van der Waals surface area contributed by atoms with Gasteiger partial charge in [-0.05, 0) is 32.1 Å². The van der Waals surface area contributed by atoms with Crippen LogP contribution in [0, 0.1) is 0 Å². The van der Waals surface area contributed by atoms with E-state index in [0.717, 1.165) is 0 Å². The van der Waals surface area contributed by atoms with Crippen molar-refractivity contribution in [1.82, 2.24) is 10.2 Å². The summed E-state index contributed by atoms with van der Waals surface area (Å²) in [5.41, 5.74) is 5.52. The molecule has 0 unspecified atom stereocenters. The van der Waals surface area contributed by atoms with Gasteiger partial charge in [0, 0.05) is 32.5 Å². The van der Waals surface area contributed by atoms with Crippen molar-refractivity contribution in [2.45, 2.75) is 75.4 Å². The minimum Gasteiger partial charge on any atom is -0.481 e. The monoisotopic (exact) mass is 527 g/mol. The molecule has 0 bridgehead atoms. The molecule has 16 heteroatoms. The molecule has 206 valence electrons. The number of aliphatic hydroxyl groups excluding tert-OH is 2. The quantitative estimate of drug-likeness (QED) is 0.172. The molecule has 0 radical (unpaired) electrons. The molecule has 36 heavy (non-hydrogen) atoms. The fourth-order valence-corrected chi connectivity index (χ4v) is 3.38. The van der Waals surface area contributed by atoms with Gasteiger partial charge in [0.05, 0.1) is 18.2 Å². The number of aliphatic carboxylic acids is 3. The lowest BCUT2D eigenvalue weighted by molar-refractivity contribution is -0.192. The number of hydrogen-bond acceptors (Lipinski definition) is 8. The number of carbonyl (C=O) groups is 3. The van der Waals surface area contributed by atoms with E-state index in [2.05, 4.69) is 15.3 Å². The summed E-state index contributed by atoms with van der Waals surface area (Å²) in [6, 6.07) is -1.15. The highest BCUT2D eigenvalue weighted by atomic mass is 19.4. The van der Waals surface area contributed by atoms with Crippen LogP contribution in [0.1, 0.15) is 44.9 Å². The third-order valence-corrected chi connectivity index (χ3v) is 5.30. The van der Waals surface area contributed by atoms with E-state index in [1.165, 1.54) is 0 Å². The van der Waals surface area contributed by atoms with Gasteiger partial charge in [-0.15, -0.1) is 0 Å². The molecule has 0 spiro atoms. The molecule has 0 aromatic rings. The third-order valence-electron chi connectivity index (χ3n) is 5.30. The van der Waals surface area contributed by atoms with E-state index in [4.69, 9.17) is 25.8 Å². The highest BCUT2D eigenvalue weighted by Gasteiger charge is 2.38. The average molecular weight is 527 g/mol. The van der Waals surface area contributed by atoms with E-state index in [1.54, 1.807) is 0 Å². The summed E-state index contributed by atoms with van der Waals surface area (Å²) in [6.45, 7) is 1.24. The van der Waals surface area contributed by atoms with Gasteiger partial charge < -0.3 is 41.5 Å². The topological polar surface area (TPSA) is 218 Å². The lowest BCUT2D eigenvalue weighted by Gasteiger charge is -2.26. The second-order valence-electron chi connectivity index (χ2n) is 8.28. The number of aliphatic hydroxyl groups is 2. The molecule has 4 atom stereocenters. The minimum absolute atomic E-state index is 0.110. The lowest BCUT2D eigenvalue weighted by atomic mass is 10.1. The summed E-state index contributed by atoms with van der Waals surface area (Å²) >= 11 is 0. The number of unbranched alkanes of at least 4 members (excludes halogenated alkanes) is 2. The van der Waals surface area contributed by atoms with Crippen molar-refractivity contribution in [1.29, 1.82) is 0 Å². The Morgan fingerprint density at radius 2 is 1.75 bits per heavy atom. The number of carboxylic acids is 3. The number of nitrogens with one attached hydrogen (secondary N) is 1. The number of nitrogens with zero attached hydrogens (tertiary/aromatic N) is 3. The van der Waals surface area contributed by atoms with Crippen LogP contribution in [-0.2, 0) is 14.4 Å². The SMILES string of the molecule is N[C@@H](CCCCN1C[C@H](O)[C@@H](O)C[C@H]2NC(=NCCCCC(=O)O)N=C21)C(=O)O.O=C(O)C(F)(F)F. The number of fused-ring (bicyclic) bond motifs is 1. The summed E-state index contributed by atoms with van der Waals surface area (Å²) in [7, 11) is 0. The molecule has 2 aliphatic rings. The predicted molar refractivity (Wildman–Crippen MR) is 120 cm³/mol. The van der Waals surface area contributed by atoms with Gasteiger partial charge in [0.1, 0.15) is 11.9 Å². The number of rotatable bonds is 11. The van der Waals surface area contributed by atoms with Crippen molar-refractivity contribution in [3.05, 3.63) is 0 Å². The molecule has 1 saturated heterocycles. The molecule has 0 saturated carbocycles. The second-order valence-corrected chi connectivity index (χ2v) is 8.28. The largest absolute Gasteiger partial charge is 0.490 e. The molecule has 0 amide bonds. The summed E-state index contributed by atoms with van der Waals surface area (Å²) in [6.07, 6.45) is -3.61. The van der Waals surface area contributed by atoms with Gasteiger partial charge in [0.2, 0.25) is 5.96 Å². The normalized spacial score (nSPS) is 23.5. The van der Waals surface area contributed by atoms with E-state index >= 15 is 0 Å². The van der Waals surface area contributed by atoms with Crippen LogP contribution in [0.25, 0.3) is 0 Å². The number of nitrogens with two attached hydrogens (primary N) is 1. The van der Waals surface area contributed by atoms with Crippen LogP contribution in [0.3, 0.4) is 0 Å². The van der Waals surface area contributed by atoms with Crippen molar-refractivity contribution in [2.24, 2.45) is 15.7 Å². The first kappa shape index (κ1) is 31.1. The molecule has 2 heterocycles. The predicted octanol–water partition coefficient (Wildman–Crippen LogP) is -0.389. The first-order chi connectivity index (χ1) is 16.7. The number of alkyl halides is 3. The van der Waals surface area contributed by atoms with E-state index in [1.807, 2.05) is 4.90 Å². The van der Waals surface area contributed by atoms with Gasteiger partial charge >= 0.3 is 24.1 Å². The number of halogens is 3. The van der Waals surface area contributed by atoms with E-state index < -0.39 is 42.3 Å². The van der Waals surface area contributed by atoms with Crippen molar-refractivity contribution < 1.29 is 53.1 Å². The number of carboxylic acid groups (broad SMARTS) is 3. The molecule has 2 rings (SSSR count). The molecular weight excluding hydrogens is 495 g/mol. The van der Waals surface area contributed by atoms with Crippen LogP contribution < -0.4 is 11.1 Å². The number of aliphatic imine (C=N–C) groups is 2. The maximum absolute atomic E-state index is 10.8. The van der Waals surface area contributed by atoms with Gasteiger partial charge in [-0.25, -0.2) is 4.79 Å². The Kier molecular flexibility index (Phi) is 12.5. The highest BCUT2D eigenvalue weighted by molar-refractivity contribution is 6.05. The Hall–Kier alpha value is -2.98. The Labute approximate surface area is 204 Å². The fraction of sp³-hybridized carbons (Fsp3) is 0.750. The van der Waals surface area contributed by atoms with Crippen molar-refractivity contribution in [3.63, 3.8) is 0 Å². The zero-order valence-corrected chi connectivity index (χ0v) is 19.4. The zero-order chi connectivity index (χ0) is 27.5. The Morgan fingerprint density at radius 1 is 1.11 bits per heavy atom. The Bertz CT molecular complexity index is 824. The maximum atomic E-state index is 10.8. The van der Waals surface area contributed by atoms with Gasteiger partial charge in [-0.2, -0.15) is 18.2 Å². The van der Waals surface area contributed by atoms with Crippen LogP contribution in [0.2, 0.25) is 0 Å². The second kappa shape index (κ2) is 14.5. The number of hydrogen-bond donors (Lipinski definition) is 7. The van der Waals surface area contributed by atoms with Gasteiger partial charge in [0.15, 0.2) is 0 Å². The average Bonchev–Trinajstić information content (AvgIpc) is 3.12. The van der Waals surface area contributed by atoms with Gasteiger partial charge in [-0.1, -0.05) is 0 Å². The Morgan fingerprint density at radius 3 is 2.31 bits per heavy atom. The molecule has 13 nitrogen and oxygen atoms in total. The van der Waals surface area contributed by atoms with Crippen molar-refractivity contribution in [2.75, 3.05) is 19.6 Å². The molecule has 8 N–H and O–H groups in total. The standard InChI is InChI=1S/C18H31N5O6.C2HF3O2/c19-11(17(28)29)5-2-4-8-23-10-14(25)13(24)9-12-16(23)22-18(21-12)20-7-3-1-6-15(26)27;3-2(4,5)1(6)7/h11-14,24-25H,1-10,19H2,(H,20,21)(H,26,27)(H,28,29);(H,6,7)/t11-,12+,13-,14-;/m0./s1. The van der Waals surface area contributed by atoms with Crippen LogP contribution in [0.15, 0.2) is 9.98 Å². The molecule has 0 aliphatic carbocycles. The smallest absolute Gasteiger partial charge is 0.481 e. The summed E-state index contributed by atoms with van der Waals surface area (Å²) in [5.74, 6) is -3.46. The molecular formula is C20H32F3N5O8. The van der Waals surface area contributed by atoms with Crippen LogP contribution in [0.5, 0.6) is 0 Å². The van der Waals surface area contributed by atoms with Crippen molar-refractivity contribution in [3.8, 4) is 0 Å². The number of amidine groups is 1. The van der Waals surface area contributed by atoms with E-state index in [9.17, 15) is 33.0 Å². The van der Waals surface area contributed by atoms with Gasteiger partial charge in [-0.3, -0.25) is 14.6 Å². The molecule has 0 aromatic heterocycles. The third kappa shape index (κ3) is 11.2. The van der Waals surface area contributed by atoms with E-state index in [0.29, 0.717) is 63.4 Å². The molecule has 0 aromatic carbocycles. The fourth-order valence-electron chi connectivity index (χ4n) is 3.38. The summed E-state index contributed by atoms with van der Waals surface area (Å²) in [5, 5.41) is 48.1. The maximum Gasteiger partial charge on any atom is 0.490 e. The highest BCUT2D eigenvalue weighted by Crippen LogP contribution is 2.19. The first-order valence-electron chi connectivity index (χ1n) is 11.2. The van der Waals surface area contributed by atoms with Crippen LogP contribution in [0.4, 0.5) is 13.2 Å². The summed E-state index contributed by atoms with van der Waals surface area (Å²) in [4.78, 5) is 41.0. The van der Waals surface area contributed by atoms with E-state index in [-0.39, 0.29) is 19.0 Å². The molecule has 2 aliphatic heterocycles. The number of guanidine groups is 1. The Balaban J connectivity index is 0.000000809.